The molecule has 0 radical (unpaired) electrons. The average Bonchev–Trinajstić information content (AvgIpc) is 2.32. The summed E-state index contributed by atoms with van der Waals surface area (Å²) in [6, 6.07) is 5.08. The van der Waals surface area contributed by atoms with Crippen LogP contribution in [0.4, 0.5) is 10.1 Å². The van der Waals surface area contributed by atoms with E-state index in [1.165, 1.54) is 6.07 Å². The van der Waals surface area contributed by atoms with Crippen molar-refractivity contribution in [3.63, 3.8) is 0 Å². The number of anilines is 1. The van der Waals surface area contributed by atoms with Gasteiger partial charge in [-0.1, -0.05) is 0 Å². The van der Waals surface area contributed by atoms with Crippen LogP contribution in [0.3, 0.4) is 0 Å². The Labute approximate surface area is 103 Å². The molecular weight excluding hydrogens is 219 g/mol. The highest BCUT2D eigenvalue weighted by atomic mass is 19.1. The monoisotopic (exact) mass is 240 g/mol. The lowest BCUT2D eigenvalue weighted by Crippen LogP contribution is -2.22. The number of rotatable bonds is 7. The minimum Gasteiger partial charge on any atom is -0.491 e. The summed E-state index contributed by atoms with van der Waals surface area (Å²) in [6.45, 7) is 4.18. The van der Waals surface area contributed by atoms with E-state index < -0.39 is 0 Å². The van der Waals surface area contributed by atoms with Gasteiger partial charge in [-0.25, -0.2) is 4.39 Å². The Balaban J connectivity index is 2.62. The fourth-order valence-corrected chi connectivity index (χ4v) is 1.62. The molecule has 1 aromatic rings. The molecule has 0 aromatic heterocycles. The topological polar surface area (TPSA) is 24.5 Å². The van der Waals surface area contributed by atoms with Crippen LogP contribution in [0.2, 0.25) is 0 Å². The molecule has 0 bridgehead atoms. The summed E-state index contributed by atoms with van der Waals surface area (Å²) < 4.78 is 18.8. The number of hydrogen-bond acceptors (Lipinski definition) is 3. The number of ether oxygens (including phenoxy) is 1. The zero-order valence-electron chi connectivity index (χ0n) is 10.8. The van der Waals surface area contributed by atoms with Gasteiger partial charge in [0.15, 0.2) is 11.6 Å². The molecule has 0 spiro atoms. The van der Waals surface area contributed by atoms with Crippen LogP contribution in [0.5, 0.6) is 5.75 Å². The van der Waals surface area contributed by atoms with Crippen molar-refractivity contribution in [2.45, 2.75) is 13.3 Å². The molecule has 0 aliphatic carbocycles. The highest BCUT2D eigenvalue weighted by Gasteiger charge is 2.06. The van der Waals surface area contributed by atoms with E-state index in [2.05, 4.69) is 5.32 Å². The summed E-state index contributed by atoms with van der Waals surface area (Å²) in [6.07, 6.45) is 1.03. The van der Waals surface area contributed by atoms with Crippen molar-refractivity contribution >= 4 is 5.69 Å². The highest BCUT2D eigenvalue weighted by Crippen LogP contribution is 2.23. The lowest BCUT2D eigenvalue weighted by atomic mass is 10.2. The van der Waals surface area contributed by atoms with Gasteiger partial charge in [0.05, 0.1) is 6.61 Å². The van der Waals surface area contributed by atoms with Crippen LogP contribution in [0.15, 0.2) is 18.2 Å². The first-order valence-corrected chi connectivity index (χ1v) is 5.97. The van der Waals surface area contributed by atoms with E-state index in [-0.39, 0.29) is 5.82 Å². The molecule has 0 saturated carbocycles. The fraction of sp³-hybridized carbons (Fsp3) is 0.538. The van der Waals surface area contributed by atoms with Gasteiger partial charge in [-0.15, -0.1) is 0 Å². The lowest BCUT2D eigenvalue weighted by Gasteiger charge is -2.19. The van der Waals surface area contributed by atoms with Gasteiger partial charge in [-0.05, 0) is 39.1 Å². The Bertz CT molecular complexity index is 344. The molecule has 4 heteroatoms. The molecule has 0 aliphatic heterocycles. The van der Waals surface area contributed by atoms with Crippen molar-refractivity contribution in [1.82, 2.24) is 5.32 Å². The smallest absolute Gasteiger partial charge is 0.167 e. The van der Waals surface area contributed by atoms with Gasteiger partial charge in [-0.2, -0.15) is 0 Å². The molecule has 96 valence electrons. The first-order valence-electron chi connectivity index (χ1n) is 5.97. The summed E-state index contributed by atoms with van der Waals surface area (Å²) in [5.41, 5.74) is 0.877. The molecule has 0 saturated heterocycles. The maximum atomic E-state index is 13.6. The molecule has 17 heavy (non-hydrogen) atoms. The first kappa shape index (κ1) is 13.8. The number of nitrogens with zero attached hydrogens (tertiary/aromatic N) is 1. The second kappa shape index (κ2) is 7.12. The van der Waals surface area contributed by atoms with Gasteiger partial charge in [-0.3, -0.25) is 0 Å². The van der Waals surface area contributed by atoms with Crippen LogP contribution in [-0.4, -0.2) is 33.8 Å². The van der Waals surface area contributed by atoms with Crippen LogP contribution in [0.25, 0.3) is 0 Å². The SMILES string of the molecule is CCOc1ccc(N(C)CCCNC)cc1F. The van der Waals surface area contributed by atoms with Crippen molar-refractivity contribution in [3.05, 3.63) is 24.0 Å². The van der Waals surface area contributed by atoms with Gasteiger partial charge < -0.3 is 15.0 Å². The normalized spacial score (nSPS) is 10.4. The second-order valence-corrected chi connectivity index (χ2v) is 3.93. The molecule has 1 aromatic carbocycles. The molecule has 0 heterocycles. The van der Waals surface area contributed by atoms with Crippen molar-refractivity contribution in [2.75, 3.05) is 38.7 Å². The van der Waals surface area contributed by atoms with E-state index >= 15 is 0 Å². The molecule has 0 aliphatic rings. The maximum absolute atomic E-state index is 13.6. The summed E-state index contributed by atoms with van der Waals surface area (Å²) in [4.78, 5) is 2.04. The van der Waals surface area contributed by atoms with Crippen LogP contribution in [0.1, 0.15) is 13.3 Å². The fourth-order valence-electron chi connectivity index (χ4n) is 1.62. The zero-order valence-corrected chi connectivity index (χ0v) is 10.8. The Morgan fingerprint density at radius 2 is 2.18 bits per heavy atom. The van der Waals surface area contributed by atoms with E-state index in [1.54, 1.807) is 6.07 Å². The summed E-state index contributed by atoms with van der Waals surface area (Å²) >= 11 is 0. The highest BCUT2D eigenvalue weighted by molar-refractivity contribution is 5.49. The van der Waals surface area contributed by atoms with Gasteiger partial charge in [0, 0.05) is 25.3 Å². The molecule has 1 rings (SSSR count). The van der Waals surface area contributed by atoms with E-state index in [0.29, 0.717) is 12.4 Å². The molecule has 0 fully saturated rings. The third-order valence-corrected chi connectivity index (χ3v) is 2.58. The summed E-state index contributed by atoms with van der Waals surface area (Å²) in [7, 11) is 3.89. The molecule has 0 unspecified atom stereocenters. The van der Waals surface area contributed by atoms with Crippen molar-refractivity contribution in [2.24, 2.45) is 0 Å². The minimum atomic E-state index is -0.301. The van der Waals surface area contributed by atoms with Gasteiger partial charge in [0.2, 0.25) is 0 Å². The Morgan fingerprint density at radius 1 is 1.41 bits per heavy atom. The summed E-state index contributed by atoms with van der Waals surface area (Å²) in [5.74, 6) is 0.0182. The average molecular weight is 240 g/mol. The first-order chi connectivity index (χ1) is 8.19. The van der Waals surface area contributed by atoms with Gasteiger partial charge in [0.1, 0.15) is 0 Å². The summed E-state index contributed by atoms with van der Waals surface area (Å²) in [5, 5.41) is 3.09. The molecule has 0 atom stereocenters. The largest absolute Gasteiger partial charge is 0.491 e. The zero-order chi connectivity index (χ0) is 12.7. The number of benzene rings is 1. The Morgan fingerprint density at radius 3 is 2.76 bits per heavy atom. The standard InChI is InChI=1S/C13H21FN2O/c1-4-17-13-7-6-11(10-12(13)14)16(3)9-5-8-15-2/h6-7,10,15H,4-5,8-9H2,1-3H3. The van der Waals surface area contributed by atoms with Crippen molar-refractivity contribution < 1.29 is 9.13 Å². The molecule has 1 N–H and O–H groups in total. The maximum Gasteiger partial charge on any atom is 0.167 e. The predicted octanol–water partition coefficient (Wildman–Crippen LogP) is 2.27. The van der Waals surface area contributed by atoms with E-state index in [4.69, 9.17) is 4.74 Å². The lowest BCUT2D eigenvalue weighted by molar-refractivity contribution is 0.321. The van der Waals surface area contributed by atoms with Crippen LogP contribution in [0, 0.1) is 5.82 Å². The van der Waals surface area contributed by atoms with Gasteiger partial charge in [0.25, 0.3) is 0 Å². The van der Waals surface area contributed by atoms with Crippen LogP contribution < -0.4 is 15.0 Å². The molecular formula is C13H21FN2O. The third kappa shape index (κ3) is 4.23. The Kier molecular flexibility index (Phi) is 5.77. The van der Waals surface area contributed by atoms with E-state index in [1.807, 2.05) is 32.0 Å². The predicted molar refractivity (Wildman–Crippen MR) is 69.4 cm³/mol. The van der Waals surface area contributed by atoms with Crippen LogP contribution >= 0.6 is 0 Å². The quantitative estimate of drug-likeness (QED) is 0.740. The number of halogens is 1. The van der Waals surface area contributed by atoms with Crippen molar-refractivity contribution in [1.29, 1.82) is 0 Å². The number of nitrogens with one attached hydrogen (secondary N) is 1. The van der Waals surface area contributed by atoms with E-state index in [0.717, 1.165) is 25.2 Å². The van der Waals surface area contributed by atoms with E-state index in [9.17, 15) is 4.39 Å². The minimum absolute atomic E-state index is 0.301. The Hall–Kier alpha value is -1.29. The number of hydrogen-bond donors (Lipinski definition) is 1. The molecule has 3 nitrogen and oxygen atoms in total. The molecule has 0 amide bonds. The van der Waals surface area contributed by atoms with Crippen LogP contribution in [-0.2, 0) is 0 Å². The van der Waals surface area contributed by atoms with Gasteiger partial charge >= 0.3 is 0 Å². The third-order valence-electron chi connectivity index (χ3n) is 2.58. The second-order valence-electron chi connectivity index (χ2n) is 3.93. The van der Waals surface area contributed by atoms with Crippen molar-refractivity contribution in [3.8, 4) is 5.75 Å².